The van der Waals surface area contributed by atoms with Crippen LogP contribution in [0.25, 0.3) is 11.1 Å². The van der Waals surface area contributed by atoms with Gasteiger partial charge >= 0.3 is 0 Å². The van der Waals surface area contributed by atoms with Gasteiger partial charge in [-0.3, -0.25) is 4.98 Å². The van der Waals surface area contributed by atoms with Crippen molar-refractivity contribution in [3.63, 3.8) is 0 Å². The Hall–Kier alpha value is -1.46. The van der Waals surface area contributed by atoms with E-state index in [-0.39, 0.29) is 0 Å². The minimum absolute atomic E-state index is 0.529. The van der Waals surface area contributed by atoms with Crippen molar-refractivity contribution in [1.29, 1.82) is 0 Å². The van der Waals surface area contributed by atoms with E-state index in [9.17, 15) is 4.21 Å². The summed E-state index contributed by atoms with van der Waals surface area (Å²) in [6.07, 6.45) is 4.79. The summed E-state index contributed by atoms with van der Waals surface area (Å²) in [6.45, 7) is 0. The van der Waals surface area contributed by atoms with E-state index in [1.165, 1.54) is 6.26 Å². The number of aromatic nitrogens is 1. The second-order valence-corrected chi connectivity index (χ2v) is 6.91. The highest BCUT2D eigenvalue weighted by Gasteiger charge is 2.08. The normalized spacial score (nSPS) is 13.9. The number of hydrogen-bond donors (Lipinski definition) is 0. The summed E-state index contributed by atoms with van der Waals surface area (Å²) < 4.78 is 16.8. The highest BCUT2D eigenvalue weighted by molar-refractivity contribution is 8.30. The first-order valence-corrected chi connectivity index (χ1v) is 7.77. The fourth-order valence-corrected chi connectivity index (χ4v) is 2.16. The molecule has 1 aromatic carbocycles. The Labute approximate surface area is 105 Å². The Bertz CT molecular complexity index is 609. The molecule has 2 aromatic rings. The molecule has 0 aliphatic rings. The predicted octanol–water partition coefficient (Wildman–Crippen LogP) is 2.42. The van der Waals surface area contributed by atoms with Gasteiger partial charge in [0.1, 0.15) is 5.75 Å². The van der Waals surface area contributed by atoms with Gasteiger partial charge in [-0.15, -0.1) is 0 Å². The van der Waals surface area contributed by atoms with Gasteiger partial charge in [0.05, 0.1) is 0 Å². The summed E-state index contributed by atoms with van der Waals surface area (Å²) in [4.78, 5) is 3.96. The minimum Gasteiger partial charge on any atom is -0.400 e. The van der Waals surface area contributed by atoms with Crippen molar-refractivity contribution in [1.82, 2.24) is 4.98 Å². The van der Waals surface area contributed by atoms with Gasteiger partial charge in [0.2, 0.25) is 0 Å². The van der Waals surface area contributed by atoms with E-state index in [4.69, 9.17) is 15.4 Å². The Morgan fingerprint density at radius 1 is 1.18 bits per heavy atom. The molecule has 5 heteroatoms. The van der Waals surface area contributed by atoms with Gasteiger partial charge in [-0.25, -0.2) is 4.21 Å². The lowest BCUT2D eigenvalue weighted by Gasteiger charge is -2.10. The van der Waals surface area contributed by atoms with Gasteiger partial charge < -0.3 is 4.18 Å². The quantitative estimate of drug-likeness (QED) is 0.854. The van der Waals surface area contributed by atoms with Crippen LogP contribution in [0.2, 0.25) is 0 Å². The molecule has 0 fully saturated rings. The first-order chi connectivity index (χ1) is 8.06. The summed E-state index contributed by atoms with van der Waals surface area (Å²) in [5.41, 5.74) is 1.81. The topological polar surface area (TPSA) is 39.2 Å². The van der Waals surface area contributed by atoms with E-state index in [1.807, 2.05) is 30.3 Å². The number of para-hydroxylation sites is 1. The van der Waals surface area contributed by atoms with Crippen molar-refractivity contribution in [2.75, 3.05) is 6.26 Å². The molecule has 0 radical (unpaired) electrons. The molecule has 2 rings (SSSR count). The van der Waals surface area contributed by atoms with E-state index >= 15 is 0 Å². The first-order valence-electron chi connectivity index (χ1n) is 4.95. The minimum atomic E-state index is -2.69. The summed E-state index contributed by atoms with van der Waals surface area (Å²) in [7, 11) is -2.69. The Morgan fingerprint density at radius 2 is 1.82 bits per heavy atom. The van der Waals surface area contributed by atoms with E-state index in [1.54, 1.807) is 18.5 Å². The molecular formula is C12H11NO2S2. The largest absolute Gasteiger partial charge is 0.400 e. The molecule has 1 atom stereocenters. The van der Waals surface area contributed by atoms with Crippen molar-refractivity contribution in [2.24, 2.45) is 0 Å². The Balaban J connectivity index is 2.49. The summed E-state index contributed by atoms with van der Waals surface area (Å²) in [5, 5.41) is 0. The van der Waals surface area contributed by atoms with Crippen LogP contribution in [0.4, 0.5) is 0 Å². The molecule has 3 nitrogen and oxygen atoms in total. The van der Waals surface area contributed by atoms with Gasteiger partial charge in [-0.2, -0.15) is 0 Å². The fraction of sp³-hybridized carbons (Fsp3) is 0.0833. The van der Waals surface area contributed by atoms with E-state index < -0.39 is 8.77 Å². The zero-order valence-corrected chi connectivity index (χ0v) is 10.8. The van der Waals surface area contributed by atoms with Crippen molar-refractivity contribution in [3.05, 3.63) is 48.8 Å². The van der Waals surface area contributed by atoms with Crippen molar-refractivity contribution >= 4 is 20.0 Å². The Morgan fingerprint density at radius 3 is 2.47 bits per heavy atom. The number of nitrogens with zero attached hydrogens (tertiary/aromatic N) is 1. The molecule has 1 unspecified atom stereocenters. The molecule has 0 spiro atoms. The SMILES string of the molecule is CS(=O)(=S)Oc1ccccc1-c1ccncc1. The lowest BCUT2D eigenvalue weighted by Crippen LogP contribution is -2.05. The summed E-state index contributed by atoms with van der Waals surface area (Å²) in [6, 6.07) is 11.1. The average molecular weight is 265 g/mol. The van der Waals surface area contributed by atoms with Crippen LogP contribution in [-0.4, -0.2) is 15.4 Å². The molecule has 17 heavy (non-hydrogen) atoms. The van der Waals surface area contributed by atoms with Crippen LogP contribution in [0, 0.1) is 0 Å². The predicted molar refractivity (Wildman–Crippen MR) is 71.7 cm³/mol. The molecule has 0 bridgehead atoms. The number of hydrogen-bond acceptors (Lipinski definition) is 4. The van der Waals surface area contributed by atoms with E-state index in [0.717, 1.165) is 11.1 Å². The summed E-state index contributed by atoms with van der Waals surface area (Å²) >= 11 is 4.77. The second-order valence-electron chi connectivity index (χ2n) is 3.52. The van der Waals surface area contributed by atoms with E-state index in [0.29, 0.717) is 5.75 Å². The number of pyridine rings is 1. The third-order valence-corrected chi connectivity index (χ3v) is 2.81. The zero-order valence-electron chi connectivity index (χ0n) is 9.20. The molecule has 0 amide bonds. The van der Waals surface area contributed by atoms with Crippen LogP contribution < -0.4 is 4.18 Å². The summed E-state index contributed by atoms with van der Waals surface area (Å²) in [5.74, 6) is 0.529. The molecule has 0 N–H and O–H groups in total. The van der Waals surface area contributed by atoms with Crippen molar-refractivity contribution in [3.8, 4) is 16.9 Å². The van der Waals surface area contributed by atoms with E-state index in [2.05, 4.69) is 4.98 Å². The molecule has 0 aliphatic heterocycles. The number of benzene rings is 1. The highest BCUT2D eigenvalue weighted by Crippen LogP contribution is 2.29. The zero-order chi connectivity index (χ0) is 12.3. The van der Waals surface area contributed by atoms with Crippen LogP contribution in [0.1, 0.15) is 0 Å². The van der Waals surface area contributed by atoms with Gasteiger partial charge in [0, 0.05) is 35.4 Å². The lowest BCUT2D eigenvalue weighted by molar-refractivity contribution is 0.567. The molecule has 1 heterocycles. The van der Waals surface area contributed by atoms with Crippen LogP contribution in [0.3, 0.4) is 0 Å². The third-order valence-electron chi connectivity index (χ3n) is 2.12. The standard InChI is InChI=1S/C12H11NO2S2/c1-17(14,16)15-12-5-3-2-4-11(12)10-6-8-13-9-7-10/h2-9H,1H3. The van der Waals surface area contributed by atoms with Gasteiger partial charge in [0.25, 0.3) is 0 Å². The maximum absolute atomic E-state index is 11.5. The smallest absolute Gasteiger partial charge is 0.182 e. The molecule has 88 valence electrons. The van der Waals surface area contributed by atoms with Crippen LogP contribution >= 0.6 is 0 Å². The molecule has 0 saturated heterocycles. The monoisotopic (exact) mass is 265 g/mol. The molecule has 1 aromatic heterocycles. The molecular weight excluding hydrogens is 254 g/mol. The van der Waals surface area contributed by atoms with Gasteiger partial charge in [-0.05, 0) is 23.8 Å². The van der Waals surface area contributed by atoms with Crippen molar-refractivity contribution in [2.45, 2.75) is 0 Å². The first kappa shape index (κ1) is 12.0. The average Bonchev–Trinajstić information content (AvgIpc) is 2.29. The maximum Gasteiger partial charge on any atom is 0.182 e. The van der Waals surface area contributed by atoms with Gasteiger partial charge in [0.15, 0.2) is 8.77 Å². The lowest BCUT2D eigenvalue weighted by atomic mass is 10.1. The maximum atomic E-state index is 11.5. The van der Waals surface area contributed by atoms with Crippen molar-refractivity contribution < 1.29 is 8.39 Å². The van der Waals surface area contributed by atoms with Crippen LogP contribution in [0.15, 0.2) is 48.8 Å². The fourth-order valence-electron chi connectivity index (χ4n) is 1.47. The second kappa shape index (κ2) is 4.81. The van der Waals surface area contributed by atoms with Crippen LogP contribution in [-0.2, 0) is 20.0 Å². The highest BCUT2D eigenvalue weighted by atomic mass is 32.8. The van der Waals surface area contributed by atoms with Crippen LogP contribution in [0.5, 0.6) is 5.75 Å². The van der Waals surface area contributed by atoms with Gasteiger partial charge in [-0.1, -0.05) is 18.2 Å². The molecule has 0 aliphatic carbocycles. The number of rotatable bonds is 3. The molecule has 0 saturated carbocycles. The Kier molecular flexibility index (Phi) is 3.40. The third kappa shape index (κ3) is 3.25.